The molecular weight excluding hydrogens is 248 g/mol. The van der Waals surface area contributed by atoms with Crippen molar-refractivity contribution < 1.29 is 10.2 Å². The Morgan fingerprint density at radius 2 is 1.45 bits per heavy atom. The molecule has 0 saturated carbocycles. The molecule has 108 valence electrons. The molecule has 0 bridgehead atoms. The van der Waals surface area contributed by atoms with E-state index in [1.165, 1.54) is 0 Å². The highest BCUT2D eigenvalue weighted by atomic mass is 16.3. The number of benzene rings is 2. The van der Waals surface area contributed by atoms with E-state index in [1.54, 1.807) is 12.1 Å². The first-order valence-corrected chi connectivity index (χ1v) is 7.16. The van der Waals surface area contributed by atoms with Crippen LogP contribution in [0.5, 0.6) is 11.5 Å². The lowest BCUT2D eigenvalue weighted by Gasteiger charge is -2.19. The van der Waals surface area contributed by atoms with Crippen LogP contribution in [0.4, 0.5) is 0 Å². The zero-order valence-corrected chi connectivity index (χ0v) is 13.0. The lowest BCUT2D eigenvalue weighted by atomic mass is 9.86. The fourth-order valence-electron chi connectivity index (χ4n) is 2.57. The first kappa shape index (κ1) is 14.7. The maximum atomic E-state index is 10.2. The van der Waals surface area contributed by atoms with Crippen LogP contribution in [0.15, 0.2) is 24.3 Å². The van der Waals surface area contributed by atoms with Gasteiger partial charge in [-0.15, -0.1) is 0 Å². The van der Waals surface area contributed by atoms with Crippen LogP contribution in [-0.4, -0.2) is 10.2 Å². The molecule has 2 N–H and O–H groups in total. The van der Waals surface area contributed by atoms with E-state index in [1.807, 2.05) is 12.1 Å². The third-order valence-electron chi connectivity index (χ3n) is 3.53. The van der Waals surface area contributed by atoms with Crippen molar-refractivity contribution in [1.82, 2.24) is 0 Å². The third kappa shape index (κ3) is 3.06. The molecule has 2 aromatic rings. The molecule has 0 saturated heterocycles. The predicted molar refractivity (Wildman–Crippen MR) is 84.5 cm³/mol. The minimum Gasteiger partial charge on any atom is -0.508 e. The second kappa shape index (κ2) is 5.01. The summed E-state index contributed by atoms with van der Waals surface area (Å²) < 4.78 is 0. The van der Waals surface area contributed by atoms with E-state index < -0.39 is 0 Å². The lowest BCUT2D eigenvalue weighted by molar-refractivity contribution is 0.395. The summed E-state index contributed by atoms with van der Waals surface area (Å²) in [5.41, 5.74) is 2.04. The van der Waals surface area contributed by atoms with Crippen molar-refractivity contribution in [2.75, 3.05) is 0 Å². The molecule has 0 amide bonds. The molecule has 0 heterocycles. The average molecular weight is 272 g/mol. The topological polar surface area (TPSA) is 40.5 Å². The largest absolute Gasteiger partial charge is 0.508 e. The van der Waals surface area contributed by atoms with E-state index in [-0.39, 0.29) is 11.3 Å². The van der Waals surface area contributed by atoms with Crippen molar-refractivity contribution in [3.8, 4) is 11.5 Å². The summed E-state index contributed by atoms with van der Waals surface area (Å²) >= 11 is 0. The van der Waals surface area contributed by atoms with Crippen LogP contribution in [-0.2, 0) is 6.42 Å². The Morgan fingerprint density at radius 1 is 0.900 bits per heavy atom. The SMILES string of the molecule is CC(C)c1cc2cc(CC(C)(C)C)c(O)cc2cc1O. The van der Waals surface area contributed by atoms with Gasteiger partial charge in [-0.2, -0.15) is 0 Å². The molecule has 2 heteroatoms. The molecule has 20 heavy (non-hydrogen) atoms. The molecule has 0 aliphatic heterocycles. The molecule has 0 atom stereocenters. The standard InChI is InChI=1S/C18H24O2/c1-11(2)15-7-12-6-14(10-18(3,4)5)16(19)8-13(12)9-17(15)20/h6-9,11,19-20H,10H2,1-5H3. The maximum Gasteiger partial charge on any atom is 0.119 e. The summed E-state index contributed by atoms with van der Waals surface area (Å²) in [6, 6.07) is 7.56. The molecule has 0 spiro atoms. The van der Waals surface area contributed by atoms with Crippen LogP contribution in [0.25, 0.3) is 10.8 Å². The normalized spacial score (nSPS) is 12.3. The molecule has 0 aliphatic rings. The number of hydrogen-bond donors (Lipinski definition) is 2. The maximum absolute atomic E-state index is 10.2. The van der Waals surface area contributed by atoms with Crippen molar-refractivity contribution in [1.29, 1.82) is 0 Å². The second-order valence-electron chi connectivity index (χ2n) is 7.13. The molecule has 2 aromatic carbocycles. The second-order valence-corrected chi connectivity index (χ2v) is 7.13. The monoisotopic (exact) mass is 272 g/mol. The van der Waals surface area contributed by atoms with Gasteiger partial charge in [-0.1, -0.05) is 34.6 Å². The van der Waals surface area contributed by atoms with Gasteiger partial charge in [0.05, 0.1) is 0 Å². The Labute approximate surface area is 121 Å². The smallest absolute Gasteiger partial charge is 0.119 e. The van der Waals surface area contributed by atoms with Gasteiger partial charge in [-0.25, -0.2) is 0 Å². The number of phenolic OH excluding ortho intramolecular Hbond substituents is 2. The van der Waals surface area contributed by atoms with Gasteiger partial charge in [0.2, 0.25) is 0 Å². The Bertz CT molecular complexity index is 634. The van der Waals surface area contributed by atoms with E-state index in [4.69, 9.17) is 0 Å². The van der Waals surface area contributed by atoms with Crippen LogP contribution in [0.3, 0.4) is 0 Å². The molecule has 0 unspecified atom stereocenters. The van der Waals surface area contributed by atoms with E-state index >= 15 is 0 Å². The fraction of sp³-hybridized carbons (Fsp3) is 0.444. The molecule has 0 radical (unpaired) electrons. The zero-order chi connectivity index (χ0) is 15.1. The number of fused-ring (bicyclic) bond motifs is 1. The summed E-state index contributed by atoms with van der Waals surface area (Å²) in [6.07, 6.45) is 0.826. The zero-order valence-electron chi connectivity index (χ0n) is 13.0. The van der Waals surface area contributed by atoms with Crippen molar-refractivity contribution >= 4 is 10.8 Å². The van der Waals surface area contributed by atoms with Gasteiger partial charge in [0, 0.05) is 0 Å². The van der Waals surface area contributed by atoms with Gasteiger partial charge >= 0.3 is 0 Å². The van der Waals surface area contributed by atoms with Crippen LogP contribution >= 0.6 is 0 Å². The number of aromatic hydroxyl groups is 2. The summed E-state index contributed by atoms with van der Waals surface area (Å²) in [5.74, 6) is 0.888. The first-order valence-electron chi connectivity index (χ1n) is 7.16. The minimum atomic E-state index is 0.128. The predicted octanol–water partition coefficient (Wildman–Crippen LogP) is 4.96. The van der Waals surface area contributed by atoms with E-state index in [2.05, 4.69) is 34.6 Å². The van der Waals surface area contributed by atoms with Gasteiger partial charge in [-0.05, 0) is 63.9 Å². The molecule has 0 fully saturated rings. The van der Waals surface area contributed by atoms with Crippen molar-refractivity contribution in [2.45, 2.75) is 47.0 Å². The summed E-state index contributed by atoms with van der Waals surface area (Å²) in [4.78, 5) is 0. The summed E-state index contributed by atoms with van der Waals surface area (Å²) in [6.45, 7) is 10.6. The van der Waals surface area contributed by atoms with E-state index in [9.17, 15) is 10.2 Å². The highest BCUT2D eigenvalue weighted by Gasteiger charge is 2.16. The van der Waals surface area contributed by atoms with Gasteiger partial charge in [-0.3, -0.25) is 0 Å². The average Bonchev–Trinajstić information content (AvgIpc) is 2.27. The highest BCUT2D eigenvalue weighted by Crippen LogP contribution is 2.35. The minimum absolute atomic E-state index is 0.128. The van der Waals surface area contributed by atoms with Crippen LogP contribution in [0.2, 0.25) is 0 Å². The molecule has 2 rings (SSSR count). The number of rotatable bonds is 2. The summed E-state index contributed by atoms with van der Waals surface area (Å²) in [7, 11) is 0. The highest BCUT2D eigenvalue weighted by molar-refractivity contribution is 5.87. The third-order valence-corrected chi connectivity index (χ3v) is 3.53. The van der Waals surface area contributed by atoms with Crippen molar-refractivity contribution in [3.63, 3.8) is 0 Å². The summed E-state index contributed by atoms with van der Waals surface area (Å²) in [5, 5.41) is 22.2. The van der Waals surface area contributed by atoms with Crippen LogP contribution in [0, 0.1) is 5.41 Å². The molecule has 2 nitrogen and oxygen atoms in total. The molecule has 0 aliphatic carbocycles. The van der Waals surface area contributed by atoms with Gasteiger partial charge in [0.1, 0.15) is 11.5 Å². The van der Waals surface area contributed by atoms with Crippen molar-refractivity contribution in [3.05, 3.63) is 35.4 Å². The number of phenols is 2. The van der Waals surface area contributed by atoms with Gasteiger partial charge < -0.3 is 10.2 Å². The molecular formula is C18H24O2. The van der Waals surface area contributed by atoms with Gasteiger partial charge in [0.15, 0.2) is 0 Å². The molecule has 0 aromatic heterocycles. The van der Waals surface area contributed by atoms with Gasteiger partial charge in [0.25, 0.3) is 0 Å². The quantitative estimate of drug-likeness (QED) is 0.811. The fourth-order valence-corrected chi connectivity index (χ4v) is 2.57. The lowest BCUT2D eigenvalue weighted by Crippen LogP contribution is -2.09. The Balaban J connectivity index is 2.59. The first-order chi connectivity index (χ1) is 9.17. The van der Waals surface area contributed by atoms with Crippen LogP contribution in [0.1, 0.15) is 51.7 Å². The number of hydrogen-bond acceptors (Lipinski definition) is 2. The Kier molecular flexibility index (Phi) is 3.68. The van der Waals surface area contributed by atoms with E-state index in [0.717, 1.165) is 28.3 Å². The van der Waals surface area contributed by atoms with Crippen LogP contribution < -0.4 is 0 Å². The van der Waals surface area contributed by atoms with Crippen molar-refractivity contribution in [2.24, 2.45) is 5.41 Å². The Morgan fingerprint density at radius 3 is 2.00 bits per heavy atom. The van der Waals surface area contributed by atoms with E-state index in [0.29, 0.717) is 11.5 Å². The Hall–Kier alpha value is -1.70.